The van der Waals surface area contributed by atoms with Gasteiger partial charge in [0.15, 0.2) is 0 Å². The summed E-state index contributed by atoms with van der Waals surface area (Å²) in [5.41, 5.74) is 4.96. The zero-order chi connectivity index (χ0) is 24.9. The SMILES string of the molecule is CC(C)N(CC(=O)O)C(=O)[C@@H](NC(=O)OCC1c2ccccc2-c2ccccc21)c1ccccc1. The summed E-state index contributed by atoms with van der Waals surface area (Å²) in [5.74, 6) is -1.75. The number of alkyl carbamates (subject to hydrolysis) is 1. The molecule has 7 heteroatoms. The van der Waals surface area contributed by atoms with Crippen LogP contribution in [0, 0.1) is 0 Å². The van der Waals surface area contributed by atoms with E-state index in [1.54, 1.807) is 44.2 Å². The number of amides is 2. The van der Waals surface area contributed by atoms with Crippen LogP contribution in [0.4, 0.5) is 4.79 Å². The molecule has 4 rings (SSSR count). The third kappa shape index (κ3) is 5.19. The molecule has 0 aromatic heterocycles. The first kappa shape index (κ1) is 24.0. The van der Waals surface area contributed by atoms with Crippen molar-refractivity contribution in [1.82, 2.24) is 10.2 Å². The Morgan fingerprint density at radius 1 is 0.886 bits per heavy atom. The van der Waals surface area contributed by atoms with Crippen LogP contribution < -0.4 is 5.32 Å². The van der Waals surface area contributed by atoms with Gasteiger partial charge in [-0.15, -0.1) is 0 Å². The third-order valence-corrected chi connectivity index (χ3v) is 6.20. The van der Waals surface area contributed by atoms with Crippen molar-refractivity contribution in [3.8, 4) is 11.1 Å². The minimum absolute atomic E-state index is 0.110. The number of hydrogen-bond acceptors (Lipinski definition) is 4. The summed E-state index contributed by atoms with van der Waals surface area (Å²) in [6, 6.07) is 23.4. The van der Waals surface area contributed by atoms with Crippen LogP contribution in [0.5, 0.6) is 0 Å². The summed E-state index contributed by atoms with van der Waals surface area (Å²) in [6.45, 7) is 3.11. The van der Waals surface area contributed by atoms with Crippen molar-refractivity contribution in [2.75, 3.05) is 13.2 Å². The molecule has 35 heavy (non-hydrogen) atoms. The molecule has 7 nitrogen and oxygen atoms in total. The zero-order valence-electron chi connectivity index (χ0n) is 19.7. The van der Waals surface area contributed by atoms with Crippen LogP contribution in [0.2, 0.25) is 0 Å². The number of fused-ring (bicyclic) bond motifs is 3. The lowest BCUT2D eigenvalue weighted by atomic mass is 9.98. The summed E-state index contributed by atoms with van der Waals surface area (Å²) in [6.07, 6.45) is -0.743. The predicted molar refractivity (Wildman–Crippen MR) is 132 cm³/mol. The Bertz CT molecular complexity index is 1180. The molecule has 0 radical (unpaired) electrons. The maximum Gasteiger partial charge on any atom is 0.408 e. The summed E-state index contributed by atoms with van der Waals surface area (Å²) in [5, 5.41) is 11.9. The number of nitrogens with zero attached hydrogens (tertiary/aromatic N) is 1. The fourth-order valence-electron chi connectivity index (χ4n) is 4.52. The van der Waals surface area contributed by atoms with Gasteiger partial charge < -0.3 is 20.1 Å². The molecule has 2 N–H and O–H groups in total. The minimum atomic E-state index is -1.12. The topological polar surface area (TPSA) is 95.9 Å². The smallest absolute Gasteiger partial charge is 0.408 e. The van der Waals surface area contributed by atoms with Crippen molar-refractivity contribution in [1.29, 1.82) is 0 Å². The number of rotatable bonds is 8. The quantitative estimate of drug-likeness (QED) is 0.500. The van der Waals surface area contributed by atoms with Gasteiger partial charge in [-0.25, -0.2) is 4.79 Å². The summed E-state index contributed by atoms with van der Waals surface area (Å²) in [7, 11) is 0. The molecular weight excluding hydrogens is 444 g/mol. The second-order valence-corrected chi connectivity index (χ2v) is 8.77. The third-order valence-electron chi connectivity index (χ3n) is 6.20. The van der Waals surface area contributed by atoms with E-state index in [-0.39, 0.29) is 18.6 Å². The van der Waals surface area contributed by atoms with Crippen LogP contribution in [0.1, 0.15) is 42.5 Å². The van der Waals surface area contributed by atoms with E-state index in [0.29, 0.717) is 5.56 Å². The number of nitrogens with one attached hydrogen (secondary N) is 1. The van der Waals surface area contributed by atoms with Gasteiger partial charge in [-0.2, -0.15) is 0 Å². The molecule has 0 saturated heterocycles. The highest BCUT2D eigenvalue weighted by atomic mass is 16.5. The van der Waals surface area contributed by atoms with Crippen LogP contribution in [0.25, 0.3) is 11.1 Å². The van der Waals surface area contributed by atoms with Crippen LogP contribution >= 0.6 is 0 Å². The van der Waals surface area contributed by atoms with E-state index in [4.69, 9.17) is 4.74 Å². The minimum Gasteiger partial charge on any atom is -0.480 e. The lowest BCUT2D eigenvalue weighted by Crippen LogP contribution is -2.48. The molecule has 180 valence electrons. The number of carbonyl (C=O) groups is 3. The van der Waals surface area contributed by atoms with E-state index >= 15 is 0 Å². The van der Waals surface area contributed by atoms with E-state index < -0.39 is 30.6 Å². The predicted octanol–water partition coefficient (Wildman–Crippen LogP) is 4.59. The molecule has 3 aromatic rings. The average molecular weight is 473 g/mol. The van der Waals surface area contributed by atoms with Crippen LogP contribution in [-0.2, 0) is 14.3 Å². The van der Waals surface area contributed by atoms with Gasteiger partial charge in [-0.3, -0.25) is 9.59 Å². The Kier molecular flexibility index (Phi) is 7.15. The van der Waals surface area contributed by atoms with Crippen molar-refractivity contribution >= 4 is 18.0 Å². The molecular formula is C28H28N2O5. The second kappa shape index (κ2) is 10.4. The van der Waals surface area contributed by atoms with E-state index in [2.05, 4.69) is 17.4 Å². The second-order valence-electron chi connectivity index (χ2n) is 8.77. The zero-order valence-corrected chi connectivity index (χ0v) is 19.7. The molecule has 0 unspecified atom stereocenters. The molecule has 0 aliphatic heterocycles. The lowest BCUT2D eigenvalue weighted by Gasteiger charge is -2.30. The largest absolute Gasteiger partial charge is 0.480 e. The summed E-state index contributed by atoms with van der Waals surface area (Å²) in [4.78, 5) is 38.8. The van der Waals surface area contributed by atoms with Crippen LogP contribution in [0.3, 0.4) is 0 Å². The number of benzene rings is 3. The Morgan fingerprint density at radius 3 is 1.97 bits per heavy atom. The normalized spacial score (nSPS) is 13.0. The van der Waals surface area contributed by atoms with Gasteiger partial charge in [-0.1, -0.05) is 78.9 Å². The average Bonchev–Trinajstić information content (AvgIpc) is 3.18. The highest BCUT2D eigenvalue weighted by Crippen LogP contribution is 2.44. The highest BCUT2D eigenvalue weighted by molar-refractivity contribution is 5.89. The molecule has 0 heterocycles. The number of ether oxygens (including phenoxy) is 1. The number of carboxylic acid groups (broad SMARTS) is 1. The first-order valence-electron chi connectivity index (χ1n) is 11.6. The molecule has 0 saturated carbocycles. The number of carboxylic acids is 1. The standard InChI is InChI=1S/C28H28N2O5/c1-18(2)30(16-25(31)32)27(33)26(19-10-4-3-5-11-19)29-28(34)35-17-24-22-14-8-6-12-20(22)21-13-7-9-15-23(21)24/h3-15,18,24,26H,16-17H2,1-2H3,(H,29,34)(H,31,32)/t26-/m0/s1. The van der Waals surface area contributed by atoms with Gasteiger partial charge in [0, 0.05) is 12.0 Å². The molecule has 2 amide bonds. The first-order chi connectivity index (χ1) is 16.9. The van der Waals surface area contributed by atoms with Gasteiger partial charge in [0.2, 0.25) is 0 Å². The molecule has 0 spiro atoms. The summed E-state index contributed by atoms with van der Waals surface area (Å²) >= 11 is 0. The van der Waals surface area contributed by atoms with Crippen molar-refractivity contribution in [2.45, 2.75) is 31.8 Å². The Labute approximate surface area is 204 Å². The Hall–Kier alpha value is -4.13. The van der Waals surface area contributed by atoms with Crippen molar-refractivity contribution in [3.63, 3.8) is 0 Å². The fourth-order valence-corrected chi connectivity index (χ4v) is 4.52. The van der Waals surface area contributed by atoms with Crippen molar-refractivity contribution in [2.24, 2.45) is 0 Å². The maximum atomic E-state index is 13.3. The monoisotopic (exact) mass is 472 g/mol. The number of carbonyl (C=O) groups excluding carboxylic acids is 2. The van der Waals surface area contributed by atoms with Gasteiger partial charge in [0.05, 0.1) is 0 Å². The van der Waals surface area contributed by atoms with Gasteiger partial charge in [0.1, 0.15) is 19.2 Å². The van der Waals surface area contributed by atoms with E-state index in [1.165, 1.54) is 4.90 Å². The number of aliphatic carboxylic acids is 1. The lowest BCUT2D eigenvalue weighted by molar-refractivity contribution is -0.146. The van der Waals surface area contributed by atoms with Crippen LogP contribution in [-0.4, -0.2) is 47.2 Å². The van der Waals surface area contributed by atoms with E-state index in [1.807, 2.05) is 36.4 Å². The van der Waals surface area contributed by atoms with Gasteiger partial charge in [-0.05, 0) is 41.7 Å². The highest BCUT2D eigenvalue weighted by Gasteiger charge is 2.32. The Balaban J connectivity index is 1.52. The van der Waals surface area contributed by atoms with Gasteiger partial charge in [0.25, 0.3) is 5.91 Å². The summed E-state index contributed by atoms with van der Waals surface area (Å²) < 4.78 is 5.63. The fraction of sp³-hybridized carbons (Fsp3) is 0.250. The first-order valence-corrected chi connectivity index (χ1v) is 11.6. The molecule has 3 aromatic carbocycles. The molecule has 0 bridgehead atoms. The van der Waals surface area contributed by atoms with Crippen molar-refractivity contribution < 1.29 is 24.2 Å². The molecule has 1 aliphatic carbocycles. The van der Waals surface area contributed by atoms with E-state index in [0.717, 1.165) is 22.3 Å². The van der Waals surface area contributed by atoms with Gasteiger partial charge >= 0.3 is 12.1 Å². The Morgan fingerprint density at radius 2 is 1.43 bits per heavy atom. The molecule has 1 atom stereocenters. The van der Waals surface area contributed by atoms with Crippen molar-refractivity contribution in [3.05, 3.63) is 95.6 Å². The maximum absolute atomic E-state index is 13.3. The molecule has 1 aliphatic rings. The van der Waals surface area contributed by atoms with Crippen LogP contribution in [0.15, 0.2) is 78.9 Å². The molecule has 0 fully saturated rings. The van der Waals surface area contributed by atoms with E-state index in [9.17, 15) is 19.5 Å². The number of hydrogen-bond donors (Lipinski definition) is 2.